The van der Waals surface area contributed by atoms with E-state index in [2.05, 4.69) is 4.90 Å². The van der Waals surface area contributed by atoms with E-state index in [-0.39, 0.29) is 0 Å². The minimum absolute atomic E-state index is 0.417. The van der Waals surface area contributed by atoms with Gasteiger partial charge in [0.15, 0.2) is 0 Å². The van der Waals surface area contributed by atoms with Crippen molar-refractivity contribution in [3.8, 4) is 0 Å². The Balaban J connectivity index is 2.14. The zero-order valence-corrected chi connectivity index (χ0v) is 4.85. The molecule has 2 heteroatoms. The fourth-order valence-electron chi connectivity index (χ4n) is 0.631. The fraction of sp³-hybridized carbons (Fsp3) is 1.00. The Bertz CT molecular complexity index is 59.1. The average molecular weight is 101 g/mol. The van der Waals surface area contributed by atoms with Crippen molar-refractivity contribution in [2.45, 2.75) is 12.6 Å². The highest BCUT2D eigenvalue weighted by Crippen LogP contribution is 2.11. The van der Waals surface area contributed by atoms with Crippen LogP contribution in [0.25, 0.3) is 0 Å². The van der Waals surface area contributed by atoms with Crippen LogP contribution in [0.1, 0.15) is 6.42 Å². The molecule has 0 aromatic carbocycles. The average Bonchev–Trinajstić information content (AvgIpc) is 1.23. The molecule has 0 amide bonds. The summed E-state index contributed by atoms with van der Waals surface area (Å²) in [5.74, 6) is 0. The Kier molecular flexibility index (Phi) is 1.30. The lowest BCUT2D eigenvalue weighted by atomic mass is 10.3. The van der Waals surface area contributed by atoms with Crippen molar-refractivity contribution in [3.63, 3.8) is 0 Å². The van der Waals surface area contributed by atoms with Gasteiger partial charge in [-0.25, -0.2) is 0 Å². The first kappa shape index (κ1) is 5.06. The smallest absolute Gasteiger partial charge is 0.112 e. The van der Waals surface area contributed by atoms with Gasteiger partial charge in [0.05, 0.1) is 6.61 Å². The molecule has 0 aromatic heterocycles. The van der Waals surface area contributed by atoms with E-state index in [1.54, 1.807) is 0 Å². The number of nitrogens with zero attached hydrogens (tertiary/aromatic N) is 1. The molecule has 0 spiro atoms. The maximum Gasteiger partial charge on any atom is 0.112 e. The van der Waals surface area contributed by atoms with Gasteiger partial charge < -0.3 is 4.74 Å². The highest BCUT2D eigenvalue weighted by Gasteiger charge is 2.18. The second-order valence-corrected chi connectivity index (χ2v) is 2.08. The Morgan fingerprint density at radius 1 is 1.57 bits per heavy atom. The molecule has 1 heterocycles. The van der Waals surface area contributed by atoms with Gasteiger partial charge in [-0.2, -0.15) is 0 Å². The highest BCUT2D eigenvalue weighted by atomic mass is 16.5. The Hall–Kier alpha value is -0.0800. The van der Waals surface area contributed by atoms with Crippen LogP contribution in [0, 0.1) is 0 Å². The first-order valence-electron chi connectivity index (χ1n) is 2.59. The third kappa shape index (κ3) is 0.924. The Labute approximate surface area is 44.1 Å². The molecule has 1 atom stereocenters. The van der Waals surface area contributed by atoms with Crippen LogP contribution < -0.4 is 0 Å². The lowest BCUT2D eigenvalue weighted by molar-refractivity contribution is -0.126. The lowest BCUT2D eigenvalue weighted by Gasteiger charge is -2.31. The molecule has 0 saturated carbocycles. The van der Waals surface area contributed by atoms with Gasteiger partial charge in [-0.15, -0.1) is 0 Å². The molecule has 7 heavy (non-hydrogen) atoms. The van der Waals surface area contributed by atoms with Gasteiger partial charge in [0.25, 0.3) is 0 Å². The van der Waals surface area contributed by atoms with Crippen LogP contribution in [0.4, 0.5) is 0 Å². The number of rotatable bonds is 1. The predicted molar refractivity (Wildman–Crippen MR) is 28.0 cm³/mol. The van der Waals surface area contributed by atoms with E-state index < -0.39 is 0 Å². The van der Waals surface area contributed by atoms with Crippen LogP contribution >= 0.6 is 0 Å². The summed E-state index contributed by atoms with van der Waals surface area (Å²) in [6.07, 6.45) is 1.62. The molecule has 1 fully saturated rings. The molecule has 1 unspecified atom stereocenters. The maximum atomic E-state index is 5.12. The standard InChI is InChI=1S/C5H11NO/c1-6(2)5-3-4-7-5/h5H,3-4H2,1-2H3. The van der Waals surface area contributed by atoms with Crippen molar-refractivity contribution in [3.05, 3.63) is 0 Å². The third-order valence-corrected chi connectivity index (χ3v) is 1.25. The minimum atomic E-state index is 0.417. The van der Waals surface area contributed by atoms with Crippen molar-refractivity contribution < 1.29 is 4.74 Å². The summed E-state index contributed by atoms with van der Waals surface area (Å²) in [7, 11) is 4.06. The monoisotopic (exact) mass is 101 g/mol. The maximum absolute atomic E-state index is 5.12. The molecule has 1 saturated heterocycles. The summed E-state index contributed by atoms with van der Waals surface area (Å²) in [5.41, 5.74) is 0. The molecule has 2 nitrogen and oxygen atoms in total. The molecule has 0 bridgehead atoms. The Morgan fingerprint density at radius 2 is 2.14 bits per heavy atom. The normalized spacial score (nSPS) is 30.4. The zero-order chi connectivity index (χ0) is 5.28. The van der Waals surface area contributed by atoms with Crippen LogP contribution in [0.3, 0.4) is 0 Å². The molecule has 0 aromatic rings. The number of hydrogen-bond donors (Lipinski definition) is 0. The van der Waals surface area contributed by atoms with Gasteiger partial charge in [-0.05, 0) is 14.1 Å². The van der Waals surface area contributed by atoms with Crippen LogP contribution in [-0.2, 0) is 4.74 Å². The van der Waals surface area contributed by atoms with Gasteiger partial charge in [0.2, 0.25) is 0 Å². The second kappa shape index (κ2) is 1.80. The summed E-state index contributed by atoms with van der Waals surface area (Å²) in [6.45, 7) is 0.947. The molecule has 0 aliphatic carbocycles. The largest absolute Gasteiger partial charge is 0.363 e. The number of hydrogen-bond acceptors (Lipinski definition) is 2. The van der Waals surface area contributed by atoms with Crippen molar-refractivity contribution >= 4 is 0 Å². The molecule has 42 valence electrons. The van der Waals surface area contributed by atoms with Gasteiger partial charge in [0, 0.05) is 6.42 Å². The van der Waals surface area contributed by atoms with Crippen molar-refractivity contribution in [1.82, 2.24) is 4.90 Å². The van der Waals surface area contributed by atoms with Crippen LogP contribution in [0.5, 0.6) is 0 Å². The first-order chi connectivity index (χ1) is 3.30. The van der Waals surface area contributed by atoms with E-state index in [1.165, 1.54) is 6.42 Å². The van der Waals surface area contributed by atoms with E-state index in [1.807, 2.05) is 14.1 Å². The summed E-state index contributed by atoms with van der Waals surface area (Å²) >= 11 is 0. The lowest BCUT2D eigenvalue weighted by Crippen LogP contribution is -2.39. The molecular formula is C5H11NO. The van der Waals surface area contributed by atoms with Crippen molar-refractivity contribution in [2.24, 2.45) is 0 Å². The highest BCUT2D eigenvalue weighted by molar-refractivity contribution is 4.61. The zero-order valence-electron chi connectivity index (χ0n) is 4.85. The quantitative estimate of drug-likeness (QED) is 0.471. The van der Waals surface area contributed by atoms with E-state index in [0.29, 0.717) is 6.23 Å². The number of ether oxygens (including phenoxy) is 1. The first-order valence-corrected chi connectivity index (χ1v) is 2.59. The summed E-state index contributed by atoms with van der Waals surface area (Å²) < 4.78 is 5.12. The molecule has 1 aliphatic heterocycles. The topological polar surface area (TPSA) is 12.5 Å². The molecule has 0 N–H and O–H groups in total. The van der Waals surface area contributed by atoms with Gasteiger partial charge in [-0.1, -0.05) is 0 Å². The fourth-order valence-corrected chi connectivity index (χ4v) is 0.631. The third-order valence-electron chi connectivity index (χ3n) is 1.25. The van der Waals surface area contributed by atoms with E-state index in [0.717, 1.165) is 6.61 Å². The van der Waals surface area contributed by atoms with Gasteiger partial charge in [0.1, 0.15) is 6.23 Å². The SMILES string of the molecule is CN(C)C1CCO1. The molecular weight excluding hydrogens is 90.1 g/mol. The molecule has 1 aliphatic rings. The van der Waals surface area contributed by atoms with Gasteiger partial charge in [-0.3, -0.25) is 4.90 Å². The Morgan fingerprint density at radius 3 is 2.14 bits per heavy atom. The van der Waals surface area contributed by atoms with Crippen LogP contribution in [-0.4, -0.2) is 31.8 Å². The van der Waals surface area contributed by atoms with Crippen molar-refractivity contribution in [1.29, 1.82) is 0 Å². The van der Waals surface area contributed by atoms with E-state index >= 15 is 0 Å². The molecule has 0 radical (unpaired) electrons. The van der Waals surface area contributed by atoms with E-state index in [9.17, 15) is 0 Å². The summed E-state index contributed by atoms with van der Waals surface area (Å²) in [5, 5.41) is 0. The van der Waals surface area contributed by atoms with Crippen LogP contribution in [0.15, 0.2) is 0 Å². The minimum Gasteiger partial charge on any atom is -0.363 e. The predicted octanol–water partition coefficient (Wildman–Crippen LogP) is 0.294. The summed E-state index contributed by atoms with van der Waals surface area (Å²) in [4.78, 5) is 2.09. The summed E-state index contributed by atoms with van der Waals surface area (Å²) in [6, 6.07) is 0. The van der Waals surface area contributed by atoms with Gasteiger partial charge >= 0.3 is 0 Å². The molecule has 1 rings (SSSR count). The second-order valence-electron chi connectivity index (χ2n) is 2.08. The van der Waals surface area contributed by atoms with Crippen LogP contribution in [0.2, 0.25) is 0 Å². The van der Waals surface area contributed by atoms with E-state index in [4.69, 9.17) is 4.74 Å². The van der Waals surface area contributed by atoms with Crippen molar-refractivity contribution in [2.75, 3.05) is 20.7 Å².